The molecule has 0 radical (unpaired) electrons. The van der Waals surface area contributed by atoms with Crippen LogP contribution in [-0.4, -0.2) is 127 Å². The van der Waals surface area contributed by atoms with Crippen molar-refractivity contribution in [2.24, 2.45) is 5.92 Å². The van der Waals surface area contributed by atoms with Crippen molar-refractivity contribution in [3.05, 3.63) is 190 Å². The van der Waals surface area contributed by atoms with Crippen molar-refractivity contribution in [2.45, 2.75) is 173 Å². The number of hydrogen-bond donors (Lipinski definition) is 10. The Hall–Kier alpha value is -9.91. The molecule has 20 rings (SSSR count). The number of hydrogen-bond acceptors (Lipinski definition) is 10. The maximum Gasteiger partial charge on any atom is 0.410 e. The average molecular weight is 1660 g/mol. The maximum atomic E-state index is 13.0. The quantitative estimate of drug-likeness (QED) is 0.0574. The number of aldehydes is 1. The summed E-state index contributed by atoms with van der Waals surface area (Å²) >= 11 is 10.5. The number of aromatic nitrogens is 11. The summed E-state index contributed by atoms with van der Waals surface area (Å²) < 4.78 is 8.58. The highest BCUT2D eigenvalue weighted by molar-refractivity contribution is 9.11. The highest BCUT2D eigenvalue weighted by Gasteiger charge is 2.49. The summed E-state index contributed by atoms with van der Waals surface area (Å²) in [6.07, 6.45) is 12.1. The second-order valence-corrected chi connectivity index (χ2v) is 36.6. The van der Waals surface area contributed by atoms with Crippen LogP contribution in [0.15, 0.2) is 123 Å². The van der Waals surface area contributed by atoms with Gasteiger partial charge < -0.3 is 50.0 Å². The minimum absolute atomic E-state index is 0.00326. The van der Waals surface area contributed by atoms with Gasteiger partial charge in [-0.25, -0.2) is 4.79 Å². The zero-order valence-corrected chi connectivity index (χ0v) is 67.9. The third kappa shape index (κ3) is 12.3. The molecule has 24 heteroatoms. The van der Waals surface area contributed by atoms with Crippen molar-refractivity contribution in [1.82, 2.24) is 71.0 Å². The maximum absolute atomic E-state index is 13.0. The van der Waals surface area contributed by atoms with Crippen molar-refractivity contribution in [3.8, 4) is 34.2 Å². The Morgan fingerprint density at radius 2 is 0.881 bits per heavy atom. The first kappa shape index (κ1) is 73.2. The lowest BCUT2D eigenvalue weighted by molar-refractivity contribution is -0.111. The van der Waals surface area contributed by atoms with Crippen LogP contribution in [0.2, 0.25) is 0 Å². The third-order valence-corrected chi connectivity index (χ3v) is 25.0. The van der Waals surface area contributed by atoms with E-state index in [0.717, 1.165) is 122 Å². The van der Waals surface area contributed by atoms with Gasteiger partial charge in [0.2, 0.25) is 0 Å². The van der Waals surface area contributed by atoms with E-state index in [1.54, 1.807) is 4.90 Å². The topological polar surface area (TPSA) is 304 Å². The van der Waals surface area contributed by atoms with Crippen LogP contribution < -0.4 is 10.6 Å². The number of carbonyl (C=O) groups is 6. The van der Waals surface area contributed by atoms with E-state index in [1.807, 2.05) is 120 Å². The second kappa shape index (κ2) is 26.4. The summed E-state index contributed by atoms with van der Waals surface area (Å²) in [6.45, 7) is 28.0. The minimum atomic E-state index is -0.581. The number of fused-ring (bicyclic) bond motifs is 21. The van der Waals surface area contributed by atoms with Gasteiger partial charge in [-0.2, -0.15) is 15.3 Å². The van der Waals surface area contributed by atoms with Gasteiger partial charge in [0.25, 0.3) is 11.8 Å². The second-order valence-electron chi connectivity index (χ2n) is 33.8. The van der Waals surface area contributed by atoms with E-state index in [9.17, 15) is 28.8 Å². The Bertz CT molecular complexity index is 5950. The monoisotopic (exact) mass is 1650 g/mol. The van der Waals surface area contributed by atoms with Crippen LogP contribution in [0, 0.1) is 5.92 Å². The molecule has 9 heterocycles. The fourth-order valence-corrected chi connectivity index (χ4v) is 19.2. The van der Waals surface area contributed by atoms with Gasteiger partial charge in [0.1, 0.15) is 11.9 Å². The molecule has 7 aliphatic rings. The molecule has 6 aliphatic carbocycles. The van der Waals surface area contributed by atoms with Crippen molar-refractivity contribution >= 4 is 138 Å². The number of ether oxygens (including phenoxy) is 1. The summed E-state index contributed by atoms with van der Waals surface area (Å²) in [5.74, 6) is -0.541. The van der Waals surface area contributed by atoms with E-state index in [1.165, 1.54) is 68.2 Å². The molecule has 2 fully saturated rings. The molecule has 1 saturated carbocycles. The van der Waals surface area contributed by atoms with Crippen LogP contribution in [-0.2, 0) is 36.6 Å². The van der Waals surface area contributed by atoms with Gasteiger partial charge in [-0.3, -0.25) is 34.5 Å². The van der Waals surface area contributed by atoms with E-state index in [0.29, 0.717) is 43.2 Å². The van der Waals surface area contributed by atoms with Gasteiger partial charge in [0.05, 0.1) is 70.1 Å². The molecular formula is C85H87Br3N14O7. The van der Waals surface area contributed by atoms with Crippen LogP contribution in [0.1, 0.15) is 215 Å². The van der Waals surface area contributed by atoms with Gasteiger partial charge in [0, 0.05) is 149 Å². The van der Waals surface area contributed by atoms with Crippen molar-refractivity contribution < 1.29 is 33.5 Å². The van der Waals surface area contributed by atoms with Crippen LogP contribution >= 0.6 is 47.8 Å². The lowest BCUT2D eigenvalue weighted by Crippen LogP contribution is -2.40. The largest absolute Gasteiger partial charge is 0.444 e. The van der Waals surface area contributed by atoms with Crippen LogP contribution in [0.5, 0.6) is 0 Å². The molecule has 5 aromatic carbocycles. The molecule has 13 aromatic rings. The number of Topliss-reactive ketones (excluding diaryl/α,β-unsaturated/α-hetero) is 2. The molecule has 0 spiro atoms. The number of amides is 3. The molecule has 0 bridgehead atoms. The number of nitrogens with zero attached hydrogens (tertiary/aromatic N) is 4. The number of carbonyl (C=O) groups excluding carboxylic acids is 6. The molecule has 1 saturated heterocycles. The van der Waals surface area contributed by atoms with Crippen LogP contribution in [0.4, 0.5) is 4.79 Å². The Kier molecular flexibility index (Phi) is 17.8. The molecule has 21 nitrogen and oxygen atoms in total. The summed E-state index contributed by atoms with van der Waals surface area (Å²) in [6, 6.07) is 30.3. The van der Waals surface area contributed by atoms with Gasteiger partial charge in [0.15, 0.2) is 11.6 Å². The summed E-state index contributed by atoms with van der Waals surface area (Å²) in [4.78, 5) is 91.8. The fraction of sp³-hybridized carbons (Fsp3) is 0.353. The van der Waals surface area contributed by atoms with Gasteiger partial charge >= 0.3 is 6.09 Å². The van der Waals surface area contributed by atoms with Crippen molar-refractivity contribution in [1.29, 1.82) is 0 Å². The van der Waals surface area contributed by atoms with Gasteiger partial charge in [-0.1, -0.05) is 130 Å². The zero-order valence-electron chi connectivity index (χ0n) is 63.1. The molecule has 1 aliphatic heterocycles. The summed E-state index contributed by atoms with van der Waals surface area (Å²) in [7, 11) is 0. The fourth-order valence-electron chi connectivity index (χ4n) is 18.1. The normalized spacial score (nSPS) is 18.7. The summed E-state index contributed by atoms with van der Waals surface area (Å²) in [5.41, 5.74) is 22.7. The van der Waals surface area contributed by atoms with E-state index in [2.05, 4.69) is 194 Å². The molecule has 3 amide bonds. The molecular weight excluding hydrogens is 1570 g/mol. The van der Waals surface area contributed by atoms with Crippen LogP contribution in [0.25, 0.3) is 88.7 Å². The highest BCUT2D eigenvalue weighted by atomic mass is 79.9. The minimum Gasteiger partial charge on any atom is -0.444 e. The number of H-pyrrole nitrogens is 8. The lowest BCUT2D eigenvalue weighted by Gasteiger charge is -2.24. The molecule has 8 aromatic heterocycles. The molecule has 2 unspecified atom stereocenters. The molecule has 109 heavy (non-hydrogen) atoms. The zero-order chi connectivity index (χ0) is 77.1. The van der Waals surface area contributed by atoms with Crippen molar-refractivity contribution in [2.75, 3.05) is 13.1 Å². The van der Waals surface area contributed by atoms with Gasteiger partial charge in [-0.15, -0.1) is 0 Å². The predicted molar refractivity (Wildman–Crippen MR) is 436 cm³/mol. The first-order chi connectivity index (χ1) is 51.6. The van der Waals surface area contributed by atoms with Crippen LogP contribution in [0.3, 0.4) is 0 Å². The first-order valence-corrected chi connectivity index (χ1v) is 39.5. The lowest BCUT2D eigenvalue weighted by atomic mass is 9.78. The predicted octanol–water partition coefficient (Wildman–Crippen LogP) is 18.8. The molecule has 560 valence electrons. The third-order valence-electron chi connectivity index (χ3n) is 23.5. The van der Waals surface area contributed by atoms with Gasteiger partial charge in [-0.05, 0) is 164 Å². The molecule has 10 N–H and O–H groups in total. The number of benzene rings is 5. The van der Waals surface area contributed by atoms with E-state index in [4.69, 9.17) is 4.74 Å². The number of aromatic amines is 8. The Labute approximate surface area is 654 Å². The first-order valence-electron chi connectivity index (χ1n) is 37.2. The Morgan fingerprint density at radius 3 is 1.31 bits per heavy atom. The standard InChI is InChI=1S/C24H29N5O3.C20H22N4O.C14H12BrN3.C14H12BrNO2.C13H12BrNO/c1-23(2,3)32-22(31)29-9-8-14(12-29)26-21(30)13-6-7-17-15(10-13)18-20(27-17)19-16(11-25-28-19)24(18,4)5;1-20(2)14-10-21-24-17(14)18-16(20)13-9-11(7-8-15(13)23-18)19(25)22-12-5-3-4-6-12;1-14(2)9-6-16-18-12(9)13-11(14)8-5-7(15)3-4-10(8)17-13;1-14(2)9(6-17)13(18)12-11(14)8-5-7(15)3-4-10(8)16-12;1-13(2)6-10(16)12-11(13)8-5-7(14)3-4-9(8)15-12/h6-7,10-11,14,27H,8-9,12H2,1-5H3,(H,25,28)(H,26,30);7-10,12,23H,3-6H2,1-2H3,(H,21,24)(H,22,25);3-6,17H,1-2H3,(H,16,18);3-6,9,16H,1-2H3;3-5,15H,6H2,1-2H3. The van der Waals surface area contributed by atoms with E-state index >= 15 is 0 Å². The number of ketones is 2. The molecule has 2 atom stereocenters. The van der Waals surface area contributed by atoms with Crippen molar-refractivity contribution in [3.63, 3.8) is 0 Å². The number of nitrogens with one attached hydrogen (secondary N) is 10. The Morgan fingerprint density at radius 1 is 0.495 bits per heavy atom. The summed E-state index contributed by atoms with van der Waals surface area (Å²) in [5, 5.41) is 33.8. The highest BCUT2D eigenvalue weighted by Crippen LogP contribution is 2.54. The SMILES string of the molecule is CC(C)(C)OC(=O)N1CCC(NC(=O)c2ccc3[nH]c4c(c3c2)C(C)(C)c2cn[nH]c2-4)C1.CC1(C)CC(=O)c2[nH]c3ccc(Br)cc3c21.CC1(C)c2c([nH]c3ccc(Br)cc23)C(=O)C1C=O.CC1(C)c2cn[nH]c2-c2[nH]c3ccc(Br)cc3c21.CC1(C)c2cn[nH]c2-c2[nH]c3ccc(C(=O)NC4CCCC4)cc3c21. The van der Waals surface area contributed by atoms with E-state index < -0.39 is 16.9 Å². The number of halogens is 3. The number of rotatable bonds is 5. The number of likely N-dealkylation sites (tertiary alicyclic amines) is 1. The van der Waals surface area contributed by atoms with E-state index in [-0.39, 0.29) is 57.2 Å². The average Bonchev–Trinajstić information content (AvgIpc) is 1.57. The smallest absolute Gasteiger partial charge is 0.410 e. The Balaban J connectivity index is 0.000000106.